The fraction of sp³-hybridized carbons (Fsp3) is 0.444. The monoisotopic (exact) mass is 374 g/mol. The summed E-state index contributed by atoms with van der Waals surface area (Å²) in [5.74, 6) is 0.194. The first-order valence-electron chi connectivity index (χ1n) is 8.66. The Labute approximate surface area is 154 Å². The molecule has 3 rings (SSSR count). The van der Waals surface area contributed by atoms with Crippen molar-refractivity contribution in [1.29, 1.82) is 0 Å². The van der Waals surface area contributed by atoms with Crippen molar-refractivity contribution in [2.75, 3.05) is 7.11 Å². The summed E-state index contributed by atoms with van der Waals surface area (Å²) < 4.78 is 5.06. The number of aromatic nitrogens is 3. The van der Waals surface area contributed by atoms with Gasteiger partial charge in [0.25, 0.3) is 5.56 Å². The molecule has 0 bridgehead atoms. The second-order valence-electron chi connectivity index (χ2n) is 6.75. The number of hydrogen-bond donors (Lipinski definition) is 4. The molecule has 0 radical (unpaired) electrons. The number of pyridine rings is 1. The van der Waals surface area contributed by atoms with E-state index >= 15 is 0 Å². The van der Waals surface area contributed by atoms with E-state index in [0.717, 1.165) is 5.56 Å². The zero-order chi connectivity index (χ0) is 19.6. The summed E-state index contributed by atoms with van der Waals surface area (Å²) in [6.45, 7) is 1.58. The zero-order valence-electron chi connectivity index (χ0n) is 15.1. The second-order valence-corrected chi connectivity index (χ2v) is 6.75. The van der Waals surface area contributed by atoms with Gasteiger partial charge < -0.3 is 20.1 Å². The lowest BCUT2D eigenvalue weighted by Gasteiger charge is -2.38. The van der Waals surface area contributed by atoms with Crippen molar-refractivity contribution in [3.05, 3.63) is 56.0 Å². The number of carbonyl (C=O) groups excluding carboxylic acids is 1. The van der Waals surface area contributed by atoms with Gasteiger partial charge in [-0.15, -0.1) is 0 Å². The molecule has 4 N–H and O–H groups in total. The van der Waals surface area contributed by atoms with E-state index < -0.39 is 11.2 Å². The van der Waals surface area contributed by atoms with Crippen LogP contribution in [-0.2, 0) is 11.2 Å². The third kappa shape index (κ3) is 4.25. The van der Waals surface area contributed by atoms with E-state index in [0.29, 0.717) is 24.4 Å². The average Bonchev–Trinajstić information content (AvgIpc) is 2.60. The average molecular weight is 374 g/mol. The van der Waals surface area contributed by atoms with Gasteiger partial charge in [-0.1, -0.05) is 6.07 Å². The molecule has 2 aromatic heterocycles. The maximum Gasteiger partial charge on any atom is 0.325 e. The molecule has 9 heteroatoms. The first kappa shape index (κ1) is 18.8. The van der Waals surface area contributed by atoms with Crippen LogP contribution < -0.4 is 21.3 Å². The Kier molecular flexibility index (Phi) is 5.41. The summed E-state index contributed by atoms with van der Waals surface area (Å²) in [5, 5.41) is 12.6. The van der Waals surface area contributed by atoms with Crippen molar-refractivity contribution >= 4 is 5.91 Å². The molecule has 0 spiro atoms. The molecule has 0 aliphatic heterocycles. The highest BCUT2D eigenvalue weighted by atomic mass is 16.5. The number of hydrogen-bond acceptors (Lipinski definition) is 6. The number of aryl methyl sites for hydroxylation is 1. The minimum Gasteiger partial charge on any atom is -0.481 e. The molecule has 27 heavy (non-hydrogen) atoms. The van der Waals surface area contributed by atoms with Crippen LogP contribution in [0.1, 0.15) is 35.7 Å². The highest BCUT2D eigenvalue weighted by molar-refractivity contribution is 5.79. The van der Waals surface area contributed by atoms with Crippen molar-refractivity contribution in [1.82, 2.24) is 20.3 Å². The molecule has 1 aliphatic rings. The fourth-order valence-corrected chi connectivity index (χ4v) is 3.30. The number of carbonyl (C=O) groups is 1. The van der Waals surface area contributed by atoms with Crippen LogP contribution in [0.3, 0.4) is 0 Å². The number of nitrogens with zero attached hydrogens (tertiary/aromatic N) is 1. The zero-order valence-corrected chi connectivity index (χ0v) is 15.1. The van der Waals surface area contributed by atoms with Gasteiger partial charge in [-0.25, -0.2) is 9.78 Å². The number of aliphatic hydroxyl groups excluding tert-OH is 1. The lowest BCUT2D eigenvalue weighted by atomic mass is 9.75. The van der Waals surface area contributed by atoms with Crippen LogP contribution in [0.5, 0.6) is 5.88 Å². The maximum absolute atomic E-state index is 12.6. The van der Waals surface area contributed by atoms with E-state index in [4.69, 9.17) is 4.74 Å². The molecule has 9 nitrogen and oxygen atoms in total. The number of methoxy groups -OCH3 is 1. The van der Waals surface area contributed by atoms with Gasteiger partial charge in [0.15, 0.2) is 0 Å². The first-order valence-corrected chi connectivity index (χ1v) is 8.66. The number of aliphatic hydroxyl groups is 1. The van der Waals surface area contributed by atoms with Gasteiger partial charge in [0.1, 0.15) is 0 Å². The number of rotatable bonds is 6. The van der Waals surface area contributed by atoms with Crippen molar-refractivity contribution in [3.63, 3.8) is 0 Å². The Balaban J connectivity index is 1.78. The van der Waals surface area contributed by atoms with E-state index in [1.165, 1.54) is 7.11 Å². The molecule has 0 unspecified atom stereocenters. The Hall–Kier alpha value is -2.94. The van der Waals surface area contributed by atoms with Gasteiger partial charge in [-0.3, -0.25) is 14.6 Å². The number of aromatic amines is 2. The lowest BCUT2D eigenvalue weighted by Crippen LogP contribution is -2.42. The first-order chi connectivity index (χ1) is 12.9. The van der Waals surface area contributed by atoms with Crippen LogP contribution >= 0.6 is 0 Å². The van der Waals surface area contributed by atoms with Crippen LogP contribution in [0.4, 0.5) is 0 Å². The maximum atomic E-state index is 12.6. The van der Waals surface area contributed by atoms with Crippen molar-refractivity contribution < 1.29 is 14.6 Å². The van der Waals surface area contributed by atoms with Crippen LogP contribution in [-0.4, -0.2) is 39.2 Å². The summed E-state index contributed by atoms with van der Waals surface area (Å²) in [6, 6.07) is 3.20. The second kappa shape index (κ2) is 7.75. The van der Waals surface area contributed by atoms with E-state index in [9.17, 15) is 19.5 Å². The van der Waals surface area contributed by atoms with Gasteiger partial charge in [0.2, 0.25) is 11.8 Å². The van der Waals surface area contributed by atoms with Crippen molar-refractivity contribution in [3.8, 4) is 5.88 Å². The predicted molar refractivity (Wildman–Crippen MR) is 96.5 cm³/mol. The fourth-order valence-electron chi connectivity index (χ4n) is 3.30. The molecule has 1 saturated carbocycles. The molecule has 2 heterocycles. The molecule has 0 aromatic carbocycles. The molecule has 1 amide bonds. The SMILES string of the molecule is COc1ccc([C@H](NC(=O)Cc2c(C)[nH]c(=O)[nH]c2=O)C2CC(O)C2)cn1. The standard InChI is InChI=1S/C18H22N4O5/c1-9-13(17(25)22-18(26)20-9)7-14(24)21-16(11-5-12(23)6-11)10-3-4-15(27-2)19-8-10/h3-4,8,11-12,16,23H,5-7H2,1-2H3,(H,21,24)(H2,20,22,25,26)/t11?,12?,16-/m0/s1. The number of nitrogens with one attached hydrogen (secondary N) is 3. The van der Waals surface area contributed by atoms with E-state index in [-0.39, 0.29) is 36.0 Å². The summed E-state index contributed by atoms with van der Waals surface area (Å²) in [6.07, 6.45) is 2.26. The third-order valence-electron chi connectivity index (χ3n) is 4.86. The summed E-state index contributed by atoms with van der Waals surface area (Å²) >= 11 is 0. The van der Waals surface area contributed by atoms with Crippen LogP contribution in [0.15, 0.2) is 27.9 Å². The largest absolute Gasteiger partial charge is 0.481 e. The predicted octanol–water partition coefficient (Wildman–Crippen LogP) is -0.0539. The molecule has 144 valence electrons. The van der Waals surface area contributed by atoms with Gasteiger partial charge in [0.05, 0.1) is 25.7 Å². The Morgan fingerprint density at radius 2 is 2.11 bits per heavy atom. The molecule has 2 aromatic rings. The van der Waals surface area contributed by atoms with Crippen LogP contribution in [0, 0.1) is 12.8 Å². The van der Waals surface area contributed by atoms with Gasteiger partial charge in [0, 0.05) is 23.5 Å². The smallest absolute Gasteiger partial charge is 0.325 e. The van der Waals surface area contributed by atoms with Gasteiger partial charge in [-0.05, 0) is 31.2 Å². The van der Waals surface area contributed by atoms with Crippen molar-refractivity contribution in [2.45, 2.75) is 38.3 Å². The quantitative estimate of drug-likeness (QED) is 0.559. The number of H-pyrrole nitrogens is 2. The third-order valence-corrected chi connectivity index (χ3v) is 4.86. The van der Waals surface area contributed by atoms with Crippen LogP contribution in [0.2, 0.25) is 0 Å². The molecular weight excluding hydrogens is 352 g/mol. The topological polar surface area (TPSA) is 137 Å². The molecule has 1 fully saturated rings. The molecule has 0 saturated heterocycles. The highest BCUT2D eigenvalue weighted by Crippen LogP contribution is 2.38. The number of amides is 1. The summed E-state index contributed by atoms with van der Waals surface area (Å²) in [7, 11) is 1.52. The summed E-state index contributed by atoms with van der Waals surface area (Å²) in [4.78, 5) is 44.6. The lowest BCUT2D eigenvalue weighted by molar-refractivity contribution is -0.122. The molecule has 1 atom stereocenters. The van der Waals surface area contributed by atoms with Gasteiger partial charge in [-0.2, -0.15) is 0 Å². The summed E-state index contributed by atoms with van der Waals surface area (Å²) in [5.41, 5.74) is 0.196. The minimum absolute atomic E-state index is 0.0779. The molecule has 1 aliphatic carbocycles. The Morgan fingerprint density at radius 3 is 2.67 bits per heavy atom. The van der Waals surface area contributed by atoms with Crippen molar-refractivity contribution in [2.24, 2.45) is 5.92 Å². The number of ether oxygens (including phenoxy) is 1. The molecular formula is C18H22N4O5. The van der Waals surface area contributed by atoms with E-state index in [1.807, 2.05) is 6.07 Å². The van der Waals surface area contributed by atoms with Crippen LogP contribution in [0.25, 0.3) is 0 Å². The van der Waals surface area contributed by atoms with Gasteiger partial charge >= 0.3 is 5.69 Å². The highest BCUT2D eigenvalue weighted by Gasteiger charge is 2.36. The van der Waals surface area contributed by atoms with E-state index in [1.54, 1.807) is 19.2 Å². The minimum atomic E-state index is -0.604. The van der Waals surface area contributed by atoms with E-state index in [2.05, 4.69) is 20.3 Å². The Bertz CT molecular complexity index is 928. The normalized spacial score (nSPS) is 19.8. The Morgan fingerprint density at radius 1 is 1.37 bits per heavy atom.